The fourth-order valence-corrected chi connectivity index (χ4v) is 3.68. The van der Waals surface area contributed by atoms with Crippen LogP contribution in [0, 0.1) is 0 Å². The Morgan fingerprint density at radius 3 is 1.92 bits per heavy atom. The van der Waals surface area contributed by atoms with E-state index in [1.807, 2.05) is 6.92 Å². The highest BCUT2D eigenvalue weighted by Crippen LogP contribution is 2.20. The van der Waals surface area contributed by atoms with E-state index in [0.717, 1.165) is 19.8 Å². The van der Waals surface area contributed by atoms with Crippen LogP contribution in [0.2, 0.25) is 11.1 Å². The molecule has 0 saturated carbocycles. The van der Waals surface area contributed by atoms with E-state index in [2.05, 4.69) is 27.7 Å². The van der Waals surface area contributed by atoms with Crippen molar-refractivity contribution in [3.63, 3.8) is 0 Å². The average molecular weight is 203 g/mol. The van der Waals surface area contributed by atoms with Crippen LogP contribution in [0.15, 0.2) is 0 Å². The van der Waals surface area contributed by atoms with Gasteiger partial charge in [0.05, 0.1) is 13.2 Å². The van der Waals surface area contributed by atoms with Crippen molar-refractivity contribution in [2.45, 2.75) is 45.7 Å². The van der Waals surface area contributed by atoms with Crippen LogP contribution >= 0.6 is 0 Å². The van der Waals surface area contributed by atoms with Gasteiger partial charge < -0.3 is 9.16 Å². The molecule has 0 aromatic rings. The molecular formula is C10H23O2Si. The van der Waals surface area contributed by atoms with Crippen molar-refractivity contribution in [3.05, 3.63) is 0 Å². The Morgan fingerprint density at radius 2 is 1.54 bits per heavy atom. The van der Waals surface area contributed by atoms with Crippen LogP contribution in [-0.4, -0.2) is 28.9 Å². The lowest BCUT2D eigenvalue weighted by atomic mass is 10.5. The van der Waals surface area contributed by atoms with Crippen LogP contribution in [0.4, 0.5) is 0 Å². The van der Waals surface area contributed by atoms with Gasteiger partial charge >= 0.3 is 0 Å². The van der Waals surface area contributed by atoms with E-state index < -0.39 is 9.04 Å². The van der Waals surface area contributed by atoms with Gasteiger partial charge in [0.25, 0.3) is 0 Å². The monoisotopic (exact) mass is 203 g/mol. The molecule has 0 aromatic heterocycles. The maximum Gasteiger partial charge on any atom is 0.216 e. The molecule has 0 aromatic carbocycles. The van der Waals surface area contributed by atoms with E-state index in [9.17, 15) is 0 Å². The number of hydrogen-bond donors (Lipinski definition) is 0. The second kappa shape index (κ2) is 7.53. The Kier molecular flexibility index (Phi) is 7.61. The molecule has 13 heavy (non-hydrogen) atoms. The number of rotatable bonds is 7. The summed E-state index contributed by atoms with van der Waals surface area (Å²) in [6, 6.07) is 0. The maximum atomic E-state index is 5.84. The average Bonchev–Trinajstić information content (AvgIpc) is 2.02. The lowest BCUT2D eigenvalue weighted by Gasteiger charge is -2.22. The summed E-state index contributed by atoms with van der Waals surface area (Å²) in [6.07, 6.45) is 0. The topological polar surface area (TPSA) is 18.5 Å². The van der Waals surface area contributed by atoms with E-state index >= 15 is 0 Å². The molecule has 3 heteroatoms. The minimum Gasteiger partial charge on any atom is -0.414 e. The summed E-state index contributed by atoms with van der Waals surface area (Å²) in [5.41, 5.74) is 1.37. The van der Waals surface area contributed by atoms with Crippen LogP contribution in [-0.2, 0) is 9.16 Å². The molecule has 2 nitrogen and oxygen atoms in total. The van der Waals surface area contributed by atoms with E-state index in [-0.39, 0.29) is 0 Å². The van der Waals surface area contributed by atoms with Gasteiger partial charge in [0.15, 0.2) is 0 Å². The molecule has 0 fully saturated rings. The lowest BCUT2D eigenvalue weighted by molar-refractivity contribution is 0.108. The Labute approximate surface area is 84.4 Å². The third-order valence-electron chi connectivity index (χ3n) is 1.84. The summed E-state index contributed by atoms with van der Waals surface area (Å²) < 4.78 is 11.1. The van der Waals surface area contributed by atoms with Crippen molar-refractivity contribution in [1.29, 1.82) is 0 Å². The summed E-state index contributed by atoms with van der Waals surface area (Å²) in [6.45, 7) is 13.3. The van der Waals surface area contributed by atoms with Crippen LogP contribution in [0.3, 0.4) is 0 Å². The Hall–Kier alpha value is 0.137. The lowest BCUT2D eigenvalue weighted by Crippen LogP contribution is -2.27. The smallest absolute Gasteiger partial charge is 0.216 e. The summed E-state index contributed by atoms with van der Waals surface area (Å²) in [5.74, 6) is 0. The maximum absolute atomic E-state index is 5.84. The van der Waals surface area contributed by atoms with Crippen molar-refractivity contribution in [2.24, 2.45) is 0 Å². The van der Waals surface area contributed by atoms with Gasteiger partial charge in [-0.05, 0) is 18.0 Å². The van der Waals surface area contributed by atoms with Gasteiger partial charge in [-0.2, -0.15) is 0 Å². The quantitative estimate of drug-likeness (QED) is 0.468. The van der Waals surface area contributed by atoms with E-state index in [4.69, 9.17) is 9.16 Å². The molecule has 79 valence electrons. The molecule has 0 aliphatic carbocycles. The minimum atomic E-state index is -0.639. The molecule has 0 N–H and O–H groups in total. The molecule has 0 rings (SSSR count). The molecular weight excluding hydrogens is 180 g/mol. The Morgan fingerprint density at radius 1 is 1.00 bits per heavy atom. The first kappa shape index (κ1) is 13.1. The highest BCUT2D eigenvalue weighted by molar-refractivity contribution is 6.54. The van der Waals surface area contributed by atoms with Crippen LogP contribution < -0.4 is 0 Å². The molecule has 0 heterocycles. The van der Waals surface area contributed by atoms with E-state index in [1.54, 1.807) is 0 Å². The normalized spacial score (nSPS) is 12.0. The molecule has 0 spiro atoms. The third-order valence-corrected chi connectivity index (χ3v) is 4.65. The fourth-order valence-electron chi connectivity index (χ4n) is 1.36. The zero-order valence-electron chi connectivity index (χ0n) is 9.59. The third kappa shape index (κ3) is 6.24. The van der Waals surface area contributed by atoms with Crippen molar-refractivity contribution >= 4 is 9.04 Å². The first-order chi connectivity index (χ1) is 6.09. The standard InChI is InChI=1S/C10H23O2Si/c1-6-11-7-8-12-13(9(2)3)10(4)5/h9-10H,6-8H2,1-5H3. The first-order valence-corrected chi connectivity index (χ1v) is 6.73. The molecule has 1 radical (unpaired) electrons. The molecule has 0 bridgehead atoms. The molecule has 0 aliphatic heterocycles. The molecule has 0 atom stereocenters. The van der Waals surface area contributed by atoms with Crippen molar-refractivity contribution in [2.75, 3.05) is 19.8 Å². The van der Waals surface area contributed by atoms with Crippen molar-refractivity contribution in [3.8, 4) is 0 Å². The molecule has 0 saturated heterocycles. The van der Waals surface area contributed by atoms with Gasteiger partial charge in [-0.3, -0.25) is 0 Å². The highest BCUT2D eigenvalue weighted by atomic mass is 28.3. The second-order valence-corrected chi connectivity index (χ2v) is 7.16. The molecule has 0 aliphatic rings. The van der Waals surface area contributed by atoms with Gasteiger partial charge in [-0.25, -0.2) is 0 Å². The SMILES string of the molecule is CCOCCO[Si](C(C)C)C(C)C. The summed E-state index contributed by atoms with van der Waals surface area (Å²) in [5, 5.41) is 0. The highest BCUT2D eigenvalue weighted by Gasteiger charge is 2.21. The number of ether oxygens (including phenoxy) is 1. The van der Waals surface area contributed by atoms with Crippen LogP contribution in [0.25, 0.3) is 0 Å². The van der Waals surface area contributed by atoms with Gasteiger partial charge in [-0.15, -0.1) is 0 Å². The van der Waals surface area contributed by atoms with Crippen molar-refractivity contribution < 1.29 is 9.16 Å². The fraction of sp³-hybridized carbons (Fsp3) is 1.00. The van der Waals surface area contributed by atoms with Gasteiger partial charge in [0.1, 0.15) is 0 Å². The molecule has 0 amide bonds. The second-order valence-electron chi connectivity index (χ2n) is 3.76. The Bertz CT molecular complexity index is 107. The van der Waals surface area contributed by atoms with Gasteiger partial charge in [-0.1, -0.05) is 27.7 Å². The largest absolute Gasteiger partial charge is 0.414 e. The first-order valence-electron chi connectivity index (χ1n) is 5.16. The summed E-state index contributed by atoms with van der Waals surface area (Å²) in [7, 11) is -0.639. The van der Waals surface area contributed by atoms with Gasteiger partial charge in [0.2, 0.25) is 9.04 Å². The Balaban J connectivity index is 3.58. The summed E-state index contributed by atoms with van der Waals surface area (Å²) in [4.78, 5) is 0. The zero-order valence-corrected chi connectivity index (χ0v) is 10.6. The predicted octanol–water partition coefficient (Wildman–Crippen LogP) is 2.85. The van der Waals surface area contributed by atoms with Crippen molar-refractivity contribution in [1.82, 2.24) is 0 Å². The van der Waals surface area contributed by atoms with Crippen LogP contribution in [0.1, 0.15) is 34.6 Å². The van der Waals surface area contributed by atoms with E-state index in [0.29, 0.717) is 11.1 Å². The minimum absolute atomic E-state index is 0.639. The van der Waals surface area contributed by atoms with Crippen LogP contribution in [0.5, 0.6) is 0 Å². The number of hydrogen-bond acceptors (Lipinski definition) is 2. The van der Waals surface area contributed by atoms with Gasteiger partial charge in [0, 0.05) is 6.61 Å². The zero-order chi connectivity index (χ0) is 10.3. The predicted molar refractivity (Wildman–Crippen MR) is 58.4 cm³/mol. The molecule has 0 unspecified atom stereocenters. The summed E-state index contributed by atoms with van der Waals surface area (Å²) >= 11 is 0. The van der Waals surface area contributed by atoms with E-state index in [1.165, 1.54) is 0 Å².